The summed E-state index contributed by atoms with van der Waals surface area (Å²) in [6.07, 6.45) is 0.238. The lowest BCUT2D eigenvalue weighted by Gasteiger charge is -1.92. The zero-order valence-electron chi connectivity index (χ0n) is 7.51. The van der Waals surface area contributed by atoms with Gasteiger partial charge in [-0.05, 0) is 17.6 Å². The van der Waals surface area contributed by atoms with Crippen LogP contribution >= 0.6 is 11.5 Å². The van der Waals surface area contributed by atoms with Gasteiger partial charge in [0.1, 0.15) is 0 Å². The average Bonchev–Trinajstić information content (AvgIpc) is 2.61. The minimum atomic E-state index is -0.451. The van der Waals surface area contributed by atoms with Gasteiger partial charge in [0.25, 0.3) is 5.69 Å². The number of non-ortho nitro benzene ring substituents is 1. The molecule has 0 spiro atoms. The Kier molecular flexibility index (Phi) is 2.31. The van der Waals surface area contributed by atoms with E-state index < -0.39 is 4.92 Å². The Hall–Kier alpha value is -2.00. The molecule has 0 bridgehead atoms. The first-order chi connectivity index (χ1) is 7.22. The van der Waals surface area contributed by atoms with Crippen molar-refractivity contribution in [2.45, 2.75) is 6.42 Å². The van der Waals surface area contributed by atoms with Crippen LogP contribution in [0.15, 0.2) is 18.2 Å². The third-order valence-electron chi connectivity index (χ3n) is 1.99. The zero-order chi connectivity index (χ0) is 10.8. The summed E-state index contributed by atoms with van der Waals surface area (Å²) in [4.78, 5) is 10.9. The standard InChI is InChI=1S/C9H5N3O2S/c10-4-3-9-7-5-6(12(13)14)1-2-8(7)11-15-9/h1-2,5H,3H2. The summed E-state index contributed by atoms with van der Waals surface area (Å²) in [7, 11) is 0. The van der Waals surface area contributed by atoms with Crippen molar-refractivity contribution in [1.82, 2.24) is 4.37 Å². The molecule has 1 aromatic carbocycles. The molecule has 0 aliphatic heterocycles. The van der Waals surface area contributed by atoms with Crippen molar-refractivity contribution in [3.63, 3.8) is 0 Å². The highest BCUT2D eigenvalue weighted by atomic mass is 32.1. The van der Waals surface area contributed by atoms with E-state index in [2.05, 4.69) is 4.37 Å². The van der Waals surface area contributed by atoms with E-state index in [1.54, 1.807) is 6.07 Å². The third-order valence-corrected chi connectivity index (χ3v) is 2.86. The highest BCUT2D eigenvalue weighted by Crippen LogP contribution is 2.26. The van der Waals surface area contributed by atoms with E-state index in [4.69, 9.17) is 5.26 Å². The van der Waals surface area contributed by atoms with Crippen LogP contribution in [-0.4, -0.2) is 9.30 Å². The number of nitro benzene ring substituents is 1. The van der Waals surface area contributed by atoms with Crippen LogP contribution in [0.5, 0.6) is 0 Å². The normalized spacial score (nSPS) is 10.1. The minimum absolute atomic E-state index is 0.0295. The molecule has 2 aromatic rings. The van der Waals surface area contributed by atoms with Crippen molar-refractivity contribution in [2.24, 2.45) is 0 Å². The van der Waals surface area contributed by atoms with E-state index in [-0.39, 0.29) is 12.1 Å². The SMILES string of the molecule is N#CCc1snc2ccc([N+](=O)[O-])cc12. The number of aromatic nitrogens is 1. The third kappa shape index (κ3) is 1.65. The van der Waals surface area contributed by atoms with Crippen LogP contribution in [0.25, 0.3) is 10.9 Å². The van der Waals surface area contributed by atoms with Crippen LogP contribution in [0, 0.1) is 21.4 Å². The first-order valence-corrected chi connectivity index (χ1v) is 4.89. The number of rotatable bonds is 2. The molecule has 0 saturated carbocycles. The van der Waals surface area contributed by atoms with Crippen LogP contribution in [0.3, 0.4) is 0 Å². The first kappa shape index (κ1) is 9.55. The van der Waals surface area contributed by atoms with Crippen LogP contribution in [0.4, 0.5) is 5.69 Å². The van der Waals surface area contributed by atoms with Gasteiger partial charge in [0, 0.05) is 22.4 Å². The molecule has 74 valence electrons. The molecule has 15 heavy (non-hydrogen) atoms. The van der Waals surface area contributed by atoms with E-state index in [1.807, 2.05) is 6.07 Å². The zero-order valence-corrected chi connectivity index (χ0v) is 8.32. The van der Waals surface area contributed by atoms with Crippen molar-refractivity contribution in [2.75, 3.05) is 0 Å². The minimum Gasteiger partial charge on any atom is -0.258 e. The van der Waals surface area contributed by atoms with Gasteiger partial charge < -0.3 is 0 Å². The first-order valence-electron chi connectivity index (χ1n) is 4.12. The Bertz CT molecular complexity index is 570. The molecule has 0 radical (unpaired) electrons. The Labute approximate surface area is 88.9 Å². The second kappa shape index (κ2) is 3.63. The molecule has 1 aromatic heterocycles. The predicted molar refractivity (Wildman–Crippen MR) is 55.6 cm³/mol. The summed E-state index contributed by atoms with van der Waals surface area (Å²) >= 11 is 1.21. The van der Waals surface area contributed by atoms with E-state index in [9.17, 15) is 10.1 Å². The van der Waals surface area contributed by atoms with Crippen molar-refractivity contribution < 1.29 is 4.92 Å². The van der Waals surface area contributed by atoms with Crippen LogP contribution in [0.1, 0.15) is 4.88 Å². The van der Waals surface area contributed by atoms with E-state index in [0.29, 0.717) is 10.9 Å². The van der Waals surface area contributed by atoms with Crippen LogP contribution < -0.4 is 0 Å². The fraction of sp³-hybridized carbons (Fsp3) is 0.111. The van der Waals surface area contributed by atoms with E-state index >= 15 is 0 Å². The van der Waals surface area contributed by atoms with Crippen molar-refractivity contribution in [3.8, 4) is 6.07 Å². The molecule has 0 N–H and O–H groups in total. The van der Waals surface area contributed by atoms with Crippen molar-refractivity contribution in [1.29, 1.82) is 5.26 Å². The molecule has 0 amide bonds. The van der Waals surface area contributed by atoms with E-state index in [0.717, 1.165) is 4.88 Å². The van der Waals surface area contributed by atoms with Gasteiger partial charge in [0.2, 0.25) is 0 Å². The highest BCUT2D eigenvalue weighted by Gasteiger charge is 2.11. The summed E-state index contributed by atoms with van der Waals surface area (Å²) < 4.78 is 4.11. The molecule has 0 saturated heterocycles. The fourth-order valence-electron chi connectivity index (χ4n) is 1.29. The topological polar surface area (TPSA) is 79.8 Å². The second-order valence-electron chi connectivity index (χ2n) is 2.90. The molecular weight excluding hydrogens is 214 g/mol. The Morgan fingerprint density at radius 1 is 1.60 bits per heavy atom. The number of nitriles is 1. The molecule has 1 heterocycles. The number of benzene rings is 1. The summed E-state index contributed by atoms with van der Waals surface area (Å²) in [5.74, 6) is 0. The van der Waals surface area contributed by atoms with Gasteiger partial charge in [-0.1, -0.05) is 0 Å². The molecule has 2 rings (SSSR count). The van der Waals surface area contributed by atoms with Crippen molar-refractivity contribution >= 4 is 28.1 Å². The monoisotopic (exact) mass is 219 g/mol. The Balaban J connectivity index is 2.62. The van der Waals surface area contributed by atoms with Crippen molar-refractivity contribution in [3.05, 3.63) is 33.2 Å². The molecule has 0 aliphatic rings. The predicted octanol–water partition coefficient (Wildman–Crippen LogP) is 2.27. The maximum Gasteiger partial charge on any atom is 0.270 e. The number of fused-ring (bicyclic) bond motifs is 1. The number of hydrogen-bond donors (Lipinski definition) is 0. The quantitative estimate of drug-likeness (QED) is 0.573. The molecule has 0 aliphatic carbocycles. The summed E-state index contributed by atoms with van der Waals surface area (Å²) in [5.41, 5.74) is 0.734. The Morgan fingerprint density at radius 3 is 3.07 bits per heavy atom. The van der Waals surface area contributed by atoms with Gasteiger partial charge in [-0.15, -0.1) is 0 Å². The van der Waals surface area contributed by atoms with Gasteiger partial charge in [-0.25, -0.2) is 0 Å². The molecule has 5 nitrogen and oxygen atoms in total. The maximum atomic E-state index is 10.6. The lowest BCUT2D eigenvalue weighted by Crippen LogP contribution is -1.87. The summed E-state index contributed by atoms with van der Waals surface area (Å²) in [6.45, 7) is 0. The number of nitrogens with zero attached hydrogens (tertiary/aromatic N) is 3. The smallest absolute Gasteiger partial charge is 0.258 e. The van der Waals surface area contributed by atoms with Gasteiger partial charge in [-0.2, -0.15) is 9.64 Å². The van der Waals surface area contributed by atoms with Gasteiger partial charge >= 0.3 is 0 Å². The largest absolute Gasteiger partial charge is 0.270 e. The molecule has 0 fully saturated rings. The van der Waals surface area contributed by atoms with Gasteiger partial charge in [0.15, 0.2) is 0 Å². The Morgan fingerprint density at radius 2 is 2.40 bits per heavy atom. The number of nitro groups is 1. The molecule has 6 heteroatoms. The van der Waals surface area contributed by atoms with Gasteiger partial charge in [0.05, 0.1) is 22.9 Å². The van der Waals surface area contributed by atoms with Crippen LogP contribution in [0.2, 0.25) is 0 Å². The molecular formula is C9H5N3O2S. The fourth-order valence-corrected chi connectivity index (χ4v) is 2.05. The lowest BCUT2D eigenvalue weighted by atomic mass is 10.2. The summed E-state index contributed by atoms with van der Waals surface area (Å²) in [6, 6.07) is 6.49. The summed E-state index contributed by atoms with van der Waals surface area (Å²) in [5, 5.41) is 19.8. The average molecular weight is 219 g/mol. The van der Waals surface area contributed by atoms with Gasteiger partial charge in [-0.3, -0.25) is 10.1 Å². The second-order valence-corrected chi connectivity index (χ2v) is 3.76. The number of hydrogen-bond acceptors (Lipinski definition) is 5. The maximum absolute atomic E-state index is 10.6. The molecule has 0 atom stereocenters. The highest BCUT2D eigenvalue weighted by molar-refractivity contribution is 7.07. The van der Waals surface area contributed by atoms with E-state index in [1.165, 1.54) is 23.7 Å². The molecule has 0 unspecified atom stereocenters. The van der Waals surface area contributed by atoms with Crippen LogP contribution in [-0.2, 0) is 6.42 Å². The lowest BCUT2D eigenvalue weighted by molar-refractivity contribution is -0.384.